The minimum atomic E-state index is -0.993. The minimum absolute atomic E-state index is 0.00239. The highest BCUT2D eigenvalue weighted by atomic mass is 16.4. The van der Waals surface area contributed by atoms with E-state index in [1.165, 1.54) is 6.08 Å². The van der Waals surface area contributed by atoms with Gasteiger partial charge >= 0.3 is 5.97 Å². The van der Waals surface area contributed by atoms with Gasteiger partial charge in [0.2, 0.25) is 5.91 Å². The number of hydrogen-bond donors (Lipinski definition) is 2. The summed E-state index contributed by atoms with van der Waals surface area (Å²) >= 11 is 0. The van der Waals surface area contributed by atoms with E-state index < -0.39 is 5.97 Å². The Kier molecular flexibility index (Phi) is 3.23. The number of carboxylic acids is 1. The third-order valence-corrected chi connectivity index (χ3v) is 3.69. The third-order valence-electron chi connectivity index (χ3n) is 3.69. The number of carbonyl (C=O) groups is 2. The monoisotopic (exact) mass is 273 g/mol. The van der Waals surface area contributed by atoms with Gasteiger partial charge in [-0.1, -0.05) is 0 Å². The molecule has 6 heteroatoms. The number of hydrogen-bond acceptors (Lipinski definition) is 4. The predicted octanol–water partition coefficient (Wildman–Crippen LogP) is 1.10. The summed E-state index contributed by atoms with van der Waals surface area (Å²) in [6.07, 6.45) is 6.06. The SMILES string of the molecule is O=C(O)/C=C/c1cnc2c(c1)CN1CCC[C@@H]1C(=O)N2. The number of anilines is 1. The largest absolute Gasteiger partial charge is 0.478 e. The maximum Gasteiger partial charge on any atom is 0.328 e. The molecule has 0 saturated carbocycles. The van der Waals surface area contributed by atoms with Gasteiger partial charge < -0.3 is 10.4 Å². The number of carboxylic acid groups (broad SMARTS) is 1. The summed E-state index contributed by atoms with van der Waals surface area (Å²) in [6, 6.07) is 1.81. The van der Waals surface area contributed by atoms with Crippen LogP contribution in [0, 0.1) is 0 Å². The average Bonchev–Trinajstić information content (AvgIpc) is 2.82. The Balaban J connectivity index is 1.91. The number of amides is 1. The van der Waals surface area contributed by atoms with Crippen molar-refractivity contribution in [3.63, 3.8) is 0 Å². The van der Waals surface area contributed by atoms with Crippen LogP contribution in [-0.2, 0) is 16.1 Å². The molecular formula is C14H15N3O3. The van der Waals surface area contributed by atoms with E-state index in [-0.39, 0.29) is 11.9 Å². The van der Waals surface area contributed by atoms with Crippen LogP contribution >= 0.6 is 0 Å². The van der Waals surface area contributed by atoms with E-state index in [9.17, 15) is 9.59 Å². The van der Waals surface area contributed by atoms with Crippen molar-refractivity contribution in [3.05, 3.63) is 29.5 Å². The van der Waals surface area contributed by atoms with E-state index in [0.717, 1.165) is 36.6 Å². The number of nitrogens with one attached hydrogen (secondary N) is 1. The molecule has 1 aromatic rings. The summed E-state index contributed by atoms with van der Waals surface area (Å²) in [4.78, 5) is 29.0. The van der Waals surface area contributed by atoms with Crippen molar-refractivity contribution < 1.29 is 14.7 Å². The molecule has 6 nitrogen and oxygen atoms in total. The van der Waals surface area contributed by atoms with Gasteiger partial charge in [0.05, 0.1) is 6.04 Å². The average molecular weight is 273 g/mol. The second-order valence-electron chi connectivity index (χ2n) is 5.07. The van der Waals surface area contributed by atoms with Gasteiger partial charge in [0, 0.05) is 24.4 Å². The van der Waals surface area contributed by atoms with Gasteiger partial charge in [-0.15, -0.1) is 0 Å². The lowest BCUT2D eigenvalue weighted by Crippen LogP contribution is -2.36. The molecule has 104 valence electrons. The smallest absolute Gasteiger partial charge is 0.328 e. The van der Waals surface area contributed by atoms with E-state index in [1.807, 2.05) is 6.07 Å². The molecule has 1 amide bonds. The first-order chi connectivity index (χ1) is 9.63. The van der Waals surface area contributed by atoms with Crippen molar-refractivity contribution in [1.29, 1.82) is 0 Å². The van der Waals surface area contributed by atoms with Crippen LogP contribution in [0.5, 0.6) is 0 Å². The number of aliphatic carboxylic acids is 1. The third kappa shape index (κ3) is 2.42. The van der Waals surface area contributed by atoms with Crippen LogP contribution in [0.25, 0.3) is 6.08 Å². The molecule has 3 rings (SSSR count). The zero-order chi connectivity index (χ0) is 14.1. The van der Waals surface area contributed by atoms with Crippen LogP contribution in [-0.4, -0.2) is 39.5 Å². The van der Waals surface area contributed by atoms with Crippen LogP contribution in [0.1, 0.15) is 24.0 Å². The Morgan fingerprint density at radius 3 is 3.20 bits per heavy atom. The standard InChI is InChI=1S/C14H15N3O3/c18-12(19)4-3-9-6-10-8-17-5-1-2-11(17)14(20)16-13(10)15-7-9/h3-4,6-7,11H,1-2,5,8H2,(H,18,19)(H,15,16,20)/b4-3+/t11-/m1/s1. The van der Waals surface area contributed by atoms with Crippen molar-refractivity contribution in [2.24, 2.45) is 0 Å². The molecule has 0 unspecified atom stereocenters. The summed E-state index contributed by atoms with van der Waals surface area (Å²) in [6.45, 7) is 1.58. The maximum absolute atomic E-state index is 12.1. The Labute approximate surface area is 116 Å². The lowest BCUT2D eigenvalue weighted by molar-refractivity contribution is -0.131. The first-order valence-electron chi connectivity index (χ1n) is 6.58. The topological polar surface area (TPSA) is 82.5 Å². The van der Waals surface area contributed by atoms with Gasteiger partial charge in [0.1, 0.15) is 5.82 Å². The molecule has 1 aromatic heterocycles. The van der Waals surface area contributed by atoms with Crippen LogP contribution in [0.15, 0.2) is 18.3 Å². The highest BCUT2D eigenvalue weighted by Crippen LogP contribution is 2.27. The molecule has 1 saturated heterocycles. The van der Waals surface area contributed by atoms with Crippen LogP contribution in [0.4, 0.5) is 5.82 Å². The predicted molar refractivity (Wildman–Crippen MR) is 73.0 cm³/mol. The zero-order valence-corrected chi connectivity index (χ0v) is 10.9. The highest BCUT2D eigenvalue weighted by molar-refractivity contribution is 5.95. The molecule has 0 aliphatic carbocycles. The highest BCUT2D eigenvalue weighted by Gasteiger charge is 2.34. The molecule has 0 bridgehead atoms. The fourth-order valence-electron chi connectivity index (χ4n) is 2.75. The number of nitrogens with zero attached hydrogens (tertiary/aromatic N) is 2. The minimum Gasteiger partial charge on any atom is -0.478 e. The molecule has 1 atom stereocenters. The van der Waals surface area contributed by atoms with E-state index in [4.69, 9.17) is 5.11 Å². The second kappa shape index (κ2) is 5.05. The Morgan fingerprint density at radius 1 is 1.55 bits per heavy atom. The summed E-state index contributed by atoms with van der Waals surface area (Å²) in [5, 5.41) is 11.5. The van der Waals surface area contributed by atoms with Gasteiger partial charge in [-0.2, -0.15) is 0 Å². The molecule has 20 heavy (non-hydrogen) atoms. The maximum atomic E-state index is 12.1. The first-order valence-corrected chi connectivity index (χ1v) is 6.58. The number of carbonyl (C=O) groups excluding carboxylic acids is 1. The molecule has 2 aliphatic rings. The van der Waals surface area contributed by atoms with Crippen molar-refractivity contribution in [3.8, 4) is 0 Å². The summed E-state index contributed by atoms with van der Waals surface area (Å²) in [5.74, 6) is -0.410. The van der Waals surface area contributed by atoms with Crippen molar-refractivity contribution in [2.45, 2.75) is 25.4 Å². The molecule has 2 N–H and O–H groups in total. The quantitative estimate of drug-likeness (QED) is 0.788. The molecule has 0 radical (unpaired) electrons. The van der Waals surface area contributed by atoms with Crippen LogP contribution < -0.4 is 5.32 Å². The normalized spacial score (nSPS) is 22.2. The van der Waals surface area contributed by atoms with E-state index in [0.29, 0.717) is 12.4 Å². The summed E-state index contributed by atoms with van der Waals surface area (Å²) < 4.78 is 0. The molecule has 1 fully saturated rings. The summed E-state index contributed by atoms with van der Waals surface area (Å²) in [7, 11) is 0. The van der Waals surface area contributed by atoms with Crippen molar-refractivity contribution in [2.75, 3.05) is 11.9 Å². The lowest BCUT2D eigenvalue weighted by Gasteiger charge is -2.19. The van der Waals surface area contributed by atoms with Crippen LogP contribution in [0.3, 0.4) is 0 Å². The van der Waals surface area contributed by atoms with E-state index in [1.54, 1.807) is 6.20 Å². The van der Waals surface area contributed by atoms with Crippen molar-refractivity contribution in [1.82, 2.24) is 9.88 Å². The zero-order valence-electron chi connectivity index (χ0n) is 10.9. The van der Waals surface area contributed by atoms with Gasteiger partial charge in [0.25, 0.3) is 0 Å². The number of aromatic nitrogens is 1. The fraction of sp³-hybridized carbons (Fsp3) is 0.357. The number of pyridine rings is 1. The van der Waals surface area contributed by atoms with Gasteiger partial charge in [-0.3, -0.25) is 9.69 Å². The van der Waals surface area contributed by atoms with E-state index >= 15 is 0 Å². The van der Waals surface area contributed by atoms with E-state index in [2.05, 4.69) is 15.2 Å². The molecular weight excluding hydrogens is 258 g/mol. The van der Waals surface area contributed by atoms with Gasteiger partial charge in [0.15, 0.2) is 0 Å². The van der Waals surface area contributed by atoms with Crippen LogP contribution in [0.2, 0.25) is 0 Å². The number of rotatable bonds is 2. The first kappa shape index (κ1) is 12.8. The molecule has 0 aromatic carbocycles. The van der Waals surface area contributed by atoms with Gasteiger partial charge in [-0.25, -0.2) is 9.78 Å². The molecule has 3 heterocycles. The van der Waals surface area contributed by atoms with Crippen molar-refractivity contribution >= 4 is 23.8 Å². The summed E-state index contributed by atoms with van der Waals surface area (Å²) in [5.41, 5.74) is 1.65. The Hall–Kier alpha value is -2.21. The second-order valence-corrected chi connectivity index (χ2v) is 5.07. The van der Waals surface area contributed by atoms with Gasteiger partial charge in [-0.05, 0) is 37.1 Å². The Morgan fingerprint density at radius 2 is 2.40 bits per heavy atom. The fourth-order valence-corrected chi connectivity index (χ4v) is 2.75. The molecule has 2 aliphatic heterocycles. The Bertz CT molecular complexity index is 597. The molecule has 0 spiro atoms. The lowest BCUT2D eigenvalue weighted by atomic mass is 10.1. The number of fused-ring (bicyclic) bond motifs is 2.